The van der Waals surface area contributed by atoms with Crippen molar-refractivity contribution in [2.75, 3.05) is 7.11 Å². The molecule has 3 nitrogen and oxygen atoms in total. The van der Waals surface area contributed by atoms with Crippen LogP contribution in [0.1, 0.15) is 22.8 Å². The van der Waals surface area contributed by atoms with Crippen molar-refractivity contribution in [3.63, 3.8) is 0 Å². The smallest absolute Gasteiger partial charge is 0.387 e. The molecule has 1 N–H and O–H groups in total. The topological polar surface area (TPSA) is 38.7 Å². The zero-order valence-corrected chi connectivity index (χ0v) is 11.7. The van der Waals surface area contributed by atoms with Crippen molar-refractivity contribution in [2.45, 2.75) is 19.6 Å². The third-order valence-electron chi connectivity index (χ3n) is 3.13. The van der Waals surface area contributed by atoms with Crippen LogP contribution in [0.15, 0.2) is 42.5 Å². The summed E-state index contributed by atoms with van der Waals surface area (Å²) < 4.78 is 33.9. The Morgan fingerprint density at radius 2 is 1.76 bits per heavy atom. The molecule has 0 aliphatic rings. The summed E-state index contributed by atoms with van der Waals surface area (Å²) in [6.45, 7) is -1.02. The van der Waals surface area contributed by atoms with E-state index >= 15 is 0 Å². The fraction of sp³-hybridized carbons (Fsp3) is 0.250. The predicted molar refractivity (Wildman–Crippen MR) is 74.9 cm³/mol. The van der Waals surface area contributed by atoms with E-state index in [-0.39, 0.29) is 5.75 Å². The van der Waals surface area contributed by atoms with Gasteiger partial charge in [-0.15, -0.1) is 0 Å². The van der Waals surface area contributed by atoms with E-state index in [4.69, 9.17) is 4.74 Å². The lowest BCUT2D eigenvalue weighted by molar-refractivity contribution is -0.0499. The van der Waals surface area contributed by atoms with Gasteiger partial charge in [0.1, 0.15) is 17.6 Å². The number of alkyl halides is 2. The third-order valence-corrected chi connectivity index (χ3v) is 3.13. The number of aryl methyl sites for hydroxylation is 1. The van der Waals surface area contributed by atoms with Crippen LogP contribution in [0.2, 0.25) is 0 Å². The Bertz CT molecular complexity index is 614. The lowest BCUT2D eigenvalue weighted by Gasteiger charge is -2.15. The minimum absolute atomic E-state index is 0.0202. The van der Waals surface area contributed by atoms with E-state index in [1.54, 1.807) is 37.4 Å². The molecule has 5 heteroatoms. The summed E-state index contributed by atoms with van der Waals surface area (Å²) in [5.74, 6) is 0.743. The van der Waals surface area contributed by atoms with E-state index in [0.29, 0.717) is 11.1 Å². The first kappa shape index (κ1) is 15.3. The standard InChI is InChI=1S/C16H16F2O3/c1-10-8-12(6-7-14(10)20-2)15(19)11-4-3-5-13(9-11)21-16(17)18/h3-9,15-16,19H,1-2H3. The summed E-state index contributed by atoms with van der Waals surface area (Å²) in [5.41, 5.74) is 2.02. The summed E-state index contributed by atoms with van der Waals surface area (Å²) in [7, 11) is 1.57. The molecule has 0 heterocycles. The minimum atomic E-state index is -2.89. The Kier molecular flexibility index (Phi) is 4.75. The highest BCUT2D eigenvalue weighted by molar-refractivity contribution is 5.41. The number of halogens is 2. The molecule has 0 bridgehead atoms. The first-order chi connectivity index (χ1) is 10.0. The Morgan fingerprint density at radius 3 is 2.38 bits per heavy atom. The number of ether oxygens (including phenoxy) is 2. The van der Waals surface area contributed by atoms with Gasteiger partial charge in [0.15, 0.2) is 0 Å². The molecule has 2 aromatic rings. The summed E-state index contributed by atoms with van der Waals surface area (Å²) in [6.07, 6.45) is -0.921. The highest BCUT2D eigenvalue weighted by Crippen LogP contribution is 2.28. The summed E-state index contributed by atoms with van der Waals surface area (Å²) in [5, 5.41) is 10.4. The second-order valence-corrected chi connectivity index (χ2v) is 4.58. The van der Waals surface area contributed by atoms with Crippen molar-refractivity contribution in [1.82, 2.24) is 0 Å². The molecule has 0 amide bonds. The normalized spacial score (nSPS) is 12.3. The summed E-state index contributed by atoms with van der Waals surface area (Å²) in [4.78, 5) is 0. The van der Waals surface area contributed by atoms with Crippen molar-refractivity contribution < 1.29 is 23.4 Å². The number of benzene rings is 2. The molecular weight excluding hydrogens is 278 g/mol. The summed E-state index contributed by atoms with van der Waals surface area (Å²) >= 11 is 0. The third kappa shape index (κ3) is 3.70. The minimum Gasteiger partial charge on any atom is -0.496 e. The quantitative estimate of drug-likeness (QED) is 0.914. The van der Waals surface area contributed by atoms with E-state index in [1.165, 1.54) is 12.1 Å². The number of rotatable bonds is 5. The van der Waals surface area contributed by atoms with Gasteiger partial charge in [-0.25, -0.2) is 0 Å². The maximum Gasteiger partial charge on any atom is 0.387 e. The Balaban J connectivity index is 2.27. The Hall–Kier alpha value is -2.14. The molecular formula is C16H16F2O3. The fourth-order valence-corrected chi connectivity index (χ4v) is 2.12. The summed E-state index contributed by atoms with van der Waals surface area (Å²) in [6, 6.07) is 11.3. The molecule has 0 aliphatic carbocycles. The van der Waals surface area contributed by atoms with Crippen LogP contribution in [0.5, 0.6) is 11.5 Å². The van der Waals surface area contributed by atoms with Crippen LogP contribution in [0, 0.1) is 6.92 Å². The van der Waals surface area contributed by atoms with Crippen LogP contribution < -0.4 is 9.47 Å². The predicted octanol–water partition coefficient (Wildman–Crippen LogP) is 3.69. The van der Waals surface area contributed by atoms with Crippen LogP contribution >= 0.6 is 0 Å². The molecule has 21 heavy (non-hydrogen) atoms. The van der Waals surface area contributed by atoms with Crippen LogP contribution in [0.4, 0.5) is 8.78 Å². The van der Waals surface area contributed by atoms with E-state index in [0.717, 1.165) is 11.3 Å². The number of aliphatic hydroxyl groups is 1. The van der Waals surface area contributed by atoms with Gasteiger partial charge in [-0.1, -0.05) is 18.2 Å². The molecule has 2 rings (SSSR count). The molecule has 0 aliphatic heterocycles. The number of hydrogen-bond acceptors (Lipinski definition) is 3. The molecule has 0 fully saturated rings. The molecule has 2 aromatic carbocycles. The molecule has 1 unspecified atom stereocenters. The van der Waals surface area contributed by atoms with Gasteiger partial charge < -0.3 is 14.6 Å². The van der Waals surface area contributed by atoms with E-state index in [9.17, 15) is 13.9 Å². The fourth-order valence-electron chi connectivity index (χ4n) is 2.12. The zero-order chi connectivity index (χ0) is 15.4. The Labute approximate surface area is 121 Å². The van der Waals surface area contributed by atoms with Crippen LogP contribution in [0.25, 0.3) is 0 Å². The highest BCUT2D eigenvalue weighted by atomic mass is 19.3. The van der Waals surface area contributed by atoms with Crippen molar-refractivity contribution >= 4 is 0 Å². The van der Waals surface area contributed by atoms with Crippen molar-refractivity contribution in [2.24, 2.45) is 0 Å². The molecule has 0 radical (unpaired) electrons. The first-order valence-corrected chi connectivity index (χ1v) is 6.38. The van der Waals surface area contributed by atoms with Crippen molar-refractivity contribution in [3.8, 4) is 11.5 Å². The monoisotopic (exact) mass is 294 g/mol. The average molecular weight is 294 g/mol. The van der Waals surface area contributed by atoms with Gasteiger partial charge in [0, 0.05) is 0 Å². The molecule has 112 valence electrons. The van der Waals surface area contributed by atoms with Gasteiger partial charge in [-0.3, -0.25) is 0 Å². The van der Waals surface area contributed by atoms with Crippen LogP contribution in [-0.2, 0) is 0 Å². The van der Waals surface area contributed by atoms with Crippen LogP contribution in [0.3, 0.4) is 0 Å². The first-order valence-electron chi connectivity index (χ1n) is 6.38. The van der Waals surface area contributed by atoms with Gasteiger partial charge in [-0.05, 0) is 47.9 Å². The second-order valence-electron chi connectivity index (χ2n) is 4.58. The van der Waals surface area contributed by atoms with Crippen molar-refractivity contribution in [1.29, 1.82) is 0 Å². The Morgan fingerprint density at radius 1 is 1.05 bits per heavy atom. The largest absolute Gasteiger partial charge is 0.496 e. The van der Waals surface area contributed by atoms with Crippen LogP contribution in [-0.4, -0.2) is 18.8 Å². The maximum absolute atomic E-state index is 12.2. The van der Waals surface area contributed by atoms with Gasteiger partial charge in [0.25, 0.3) is 0 Å². The SMILES string of the molecule is COc1ccc(C(O)c2cccc(OC(F)F)c2)cc1C. The lowest BCUT2D eigenvalue weighted by Crippen LogP contribution is -2.04. The number of hydrogen-bond donors (Lipinski definition) is 1. The van der Waals surface area contributed by atoms with Gasteiger partial charge in [0.05, 0.1) is 7.11 Å². The molecule has 0 aromatic heterocycles. The van der Waals surface area contributed by atoms with Gasteiger partial charge >= 0.3 is 6.61 Å². The maximum atomic E-state index is 12.2. The number of methoxy groups -OCH3 is 1. The van der Waals surface area contributed by atoms with E-state index < -0.39 is 12.7 Å². The van der Waals surface area contributed by atoms with E-state index in [1.807, 2.05) is 6.92 Å². The van der Waals surface area contributed by atoms with Gasteiger partial charge in [-0.2, -0.15) is 8.78 Å². The average Bonchev–Trinajstić information content (AvgIpc) is 2.46. The molecule has 0 spiro atoms. The molecule has 0 saturated heterocycles. The van der Waals surface area contributed by atoms with Crippen molar-refractivity contribution in [3.05, 3.63) is 59.2 Å². The van der Waals surface area contributed by atoms with E-state index in [2.05, 4.69) is 4.74 Å². The second kappa shape index (κ2) is 6.54. The van der Waals surface area contributed by atoms with Gasteiger partial charge in [0.2, 0.25) is 0 Å². The number of aliphatic hydroxyl groups excluding tert-OH is 1. The zero-order valence-electron chi connectivity index (χ0n) is 11.7. The highest BCUT2D eigenvalue weighted by Gasteiger charge is 2.14. The lowest BCUT2D eigenvalue weighted by atomic mass is 9.99. The molecule has 0 saturated carbocycles. The molecule has 1 atom stereocenters.